The number of hydrogen-bond acceptors (Lipinski definition) is 3. The fourth-order valence-electron chi connectivity index (χ4n) is 2.58. The predicted octanol–water partition coefficient (Wildman–Crippen LogP) is 2.84. The number of rotatable bonds is 3. The van der Waals surface area contributed by atoms with Gasteiger partial charge in [0.05, 0.1) is 0 Å². The Labute approximate surface area is 119 Å². The van der Waals surface area contributed by atoms with Gasteiger partial charge in [0.25, 0.3) is 0 Å². The van der Waals surface area contributed by atoms with Crippen molar-refractivity contribution >= 4 is 21.6 Å². The highest BCUT2D eigenvalue weighted by Gasteiger charge is 2.31. The number of nitrogens with one attached hydrogen (secondary N) is 1. The van der Waals surface area contributed by atoms with Gasteiger partial charge >= 0.3 is 0 Å². The van der Waals surface area contributed by atoms with E-state index in [4.69, 9.17) is 11.6 Å². The molecule has 0 aliphatic heterocycles. The molecule has 0 radical (unpaired) electrons. The maximum Gasteiger partial charge on any atom is 0.243 e. The number of pyridine rings is 1. The maximum absolute atomic E-state index is 12.3. The molecule has 19 heavy (non-hydrogen) atoms. The van der Waals surface area contributed by atoms with Gasteiger partial charge in [-0.2, -0.15) is 0 Å². The first kappa shape index (κ1) is 14.8. The summed E-state index contributed by atoms with van der Waals surface area (Å²) < 4.78 is 27.5. The lowest BCUT2D eigenvalue weighted by molar-refractivity contribution is 0.227. The van der Waals surface area contributed by atoms with Crippen LogP contribution in [0.3, 0.4) is 0 Å². The third-order valence-corrected chi connectivity index (χ3v) is 5.96. The number of aromatic nitrogens is 1. The van der Waals surface area contributed by atoms with E-state index >= 15 is 0 Å². The Hall–Kier alpha value is -0.650. The molecule has 1 aliphatic carbocycles. The minimum Gasteiger partial charge on any atom is -0.243 e. The zero-order chi connectivity index (χ0) is 14.0. The molecule has 3 atom stereocenters. The number of hydrogen-bond donors (Lipinski definition) is 1. The highest BCUT2D eigenvalue weighted by molar-refractivity contribution is 7.89. The second-order valence-corrected chi connectivity index (χ2v) is 7.33. The van der Waals surface area contributed by atoms with Crippen LogP contribution in [0.5, 0.6) is 0 Å². The van der Waals surface area contributed by atoms with Crippen LogP contribution in [0.25, 0.3) is 0 Å². The van der Waals surface area contributed by atoms with Gasteiger partial charge in [0, 0.05) is 12.2 Å². The quantitative estimate of drug-likeness (QED) is 0.874. The Bertz CT molecular complexity index is 547. The molecular weight excluding hydrogens is 284 g/mol. The smallest absolute Gasteiger partial charge is 0.243 e. The van der Waals surface area contributed by atoms with Crippen LogP contribution < -0.4 is 4.72 Å². The van der Waals surface area contributed by atoms with Gasteiger partial charge in [0.1, 0.15) is 10.0 Å². The summed E-state index contributed by atoms with van der Waals surface area (Å²) in [6.07, 6.45) is 4.57. The fourth-order valence-corrected chi connectivity index (χ4v) is 4.40. The fraction of sp³-hybridized carbons (Fsp3) is 0.615. The second kappa shape index (κ2) is 5.77. The maximum atomic E-state index is 12.3. The third-order valence-electron chi connectivity index (χ3n) is 4.03. The molecule has 1 heterocycles. The number of halogens is 1. The molecule has 6 heteroatoms. The van der Waals surface area contributed by atoms with Crippen LogP contribution in [0, 0.1) is 11.8 Å². The van der Waals surface area contributed by atoms with Gasteiger partial charge in [-0.3, -0.25) is 0 Å². The summed E-state index contributed by atoms with van der Waals surface area (Å²) in [6.45, 7) is 4.27. The molecule has 0 spiro atoms. The molecule has 1 aromatic heterocycles. The molecule has 0 bridgehead atoms. The van der Waals surface area contributed by atoms with E-state index in [1.54, 1.807) is 6.07 Å². The lowest BCUT2D eigenvalue weighted by Crippen LogP contribution is -2.43. The van der Waals surface area contributed by atoms with E-state index in [1.807, 2.05) is 0 Å². The van der Waals surface area contributed by atoms with E-state index in [0.29, 0.717) is 11.8 Å². The summed E-state index contributed by atoms with van der Waals surface area (Å²) in [6, 6.07) is 3.03. The summed E-state index contributed by atoms with van der Waals surface area (Å²) in [5.41, 5.74) is 0. The molecule has 0 amide bonds. The summed E-state index contributed by atoms with van der Waals surface area (Å²) in [5, 5.41) is 0.0199. The van der Waals surface area contributed by atoms with Crippen LogP contribution in [-0.2, 0) is 10.0 Å². The summed E-state index contributed by atoms with van der Waals surface area (Å²) in [5.74, 6) is 0.866. The van der Waals surface area contributed by atoms with Crippen molar-refractivity contribution in [2.24, 2.45) is 11.8 Å². The van der Waals surface area contributed by atoms with Crippen molar-refractivity contribution in [2.45, 2.75) is 44.0 Å². The van der Waals surface area contributed by atoms with E-state index < -0.39 is 10.0 Å². The van der Waals surface area contributed by atoms with Gasteiger partial charge < -0.3 is 0 Å². The lowest BCUT2D eigenvalue weighted by atomic mass is 9.78. The molecule has 2 rings (SSSR count). The zero-order valence-corrected chi connectivity index (χ0v) is 12.7. The summed E-state index contributed by atoms with van der Waals surface area (Å²) in [4.78, 5) is 3.88. The Morgan fingerprint density at radius 3 is 2.79 bits per heavy atom. The van der Waals surface area contributed by atoms with E-state index in [1.165, 1.54) is 12.3 Å². The van der Waals surface area contributed by atoms with Crippen LogP contribution in [0.15, 0.2) is 23.2 Å². The predicted molar refractivity (Wildman–Crippen MR) is 75.5 cm³/mol. The van der Waals surface area contributed by atoms with Gasteiger partial charge in [0.2, 0.25) is 10.0 Å². The Balaban J connectivity index is 2.20. The standard InChI is InChI=1S/C13H19ClN2O2S/c1-9-5-3-6-11(10(9)2)16-19(17,18)12-7-4-8-15-13(12)14/h4,7-11,16H,3,5-6H2,1-2H3. The number of sulfonamides is 1. The molecule has 106 valence electrons. The van der Waals surface area contributed by atoms with E-state index in [2.05, 4.69) is 23.6 Å². The monoisotopic (exact) mass is 302 g/mol. The molecule has 0 saturated heterocycles. The first-order chi connectivity index (χ1) is 8.92. The highest BCUT2D eigenvalue weighted by Crippen LogP contribution is 2.30. The normalized spacial score (nSPS) is 28.3. The second-order valence-electron chi connectivity index (χ2n) is 5.29. The minimum absolute atomic E-state index is 0.0199. The molecule has 1 aromatic rings. The average molecular weight is 303 g/mol. The molecule has 1 saturated carbocycles. The van der Waals surface area contributed by atoms with Crippen LogP contribution in [0.1, 0.15) is 33.1 Å². The molecule has 4 nitrogen and oxygen atoms in total. The van der Waals surface area contributed by atoms with Crippen LogP contribution in [-0.4, -0.2) is 19.4 Å². The number of nitrogens with zero attached hydrogens (tertiary/aromatic N) is 1. The third kappa shape index (κ3) is 3.27. The Kier molecular flexibility index (Phi) is 4.48. The topological polar surface area (TPSA) is 59.1 Å². The lowest BCUT2D eigenvalue weighted by Gasteiger charge is -2.34. The van der Waals surface area contributed by atoms with Crippen LogP contribution in [0.4, 0.5) is 0 Å². The average Bonchev–Trinajstić information content (AvgIpc) is 2.35. The van der Waals surface area contributed by atoms with E-state index in [-0.39, 0.29) is 16.1 Å². The van der Waals surface area contributed by atoms with Crippen molar-refractivity contribution in [3.63, 3.8) is 0 Å². The SMILES string of the molecule is CC1CCCC(NS(=O)(=O)c2cccnc2Cl)C1C. The van der Waals surface area contributed by atoms with Gasteiger partial charge in [-0.25, -0.2) is 18.1 Å². The van der Waals surface area contributed by atoms with Crippen molar-refractivity contribution in [1.82, 2.24) is 9.71 Å². The molecule has 3 unspecified atom stereocenters. The molecule has 1 aliphatic rings. The minimum atomic E-state index is -3.59. The van der Waals surface area contributed by atoms with Crippen molar-refractivity contribution in [1.29, 1.82) is 0 Å². The highest BCUT2D eigenvalue weighted by atomic mass is 35.5. The molecule has 1 fully saturated rings. The molecule has 0 aromatic carbocycles. The van der Waals surface area contributed by atoms with E-state index in [9.17, 15) is 8.42 Å². The van der Waals surface area contributed by atoms with Crippen molar-refractivity contribution in [3.05, 3.63) is 23.5 Å². The van der Waals surface area contributed by atoms with Crippen molar-refractivity contribution in [3.8, 4) is 0 Å². The largest absolute Gasteiger partial charge is 0.243 e. The first-order valence-corrected chi connectivity index (χ1v) is 8.41. The van der Waals surface area contributed by atoms with Gasteiger partial charge in [-0.05, 0) is 30.4 Å². The Morgan fingerprint density at radius 2 is 2.11 bits per heavy atom. The Morgan fingerprint density at radius 1 is 1.37 bits per heavy atom. The zero-order valence-electron chi connectivity index (χ0n) is 11.1. The van der Waals surface area contributed by atoms with Gasteiger partial charge in [-0.15, -0.1) is 0 Å². The molecule has 1 N–H and O–H groups in total. The first-order valence-electron chi connectivity index (χ1n) is 6.54. The molecular formula is C13H19ClN2O2S. The summed E-state index contributed by atoms with van der Waals surface area (Å²) in [7, 11) is -3.59. The van der Waals surface area contributed by atoms with E-state index in [0.717, 1.165) is 19.3 Å². The van der Waals surface area contributed by atoms with Crippen molar-refractivity contribution < 1.29 is 8.42 Å². The van der Waals surface area contributed by atoms with Crippen LogP contribution in [0.2, 0.25) is 5.15 Å². The van der Waals surface area contributed by atoms with Gasteiger partial charge in [0.15, 0.2) is 0 Å². The van der Waals surface area contributed by atoms with Gasteiger partial charge in [-0.1, -0.05) is 38.3 Å². The van der Waals surface area contributed by atoms with Crippen molar-refractivity contribution in [2.75, 3.05) is 0 Å². The summed E-state index contributed by atoms with van der Waals surface area (Å²) >= 11 is 5.86. The van der Waals surface area contributed by atoms with Crippen LogP contribution >= 0.6 is 11.6 Å².